The molecule has 1 aromatic carbocycles. The second-order valence-electron chi connectivity index (χ2n) is 6.36. The molecule has 0 saturated carbocycles. The van der Waals surface area contributed by atoms with E-state index >= 15 is 0 Å². The van der Waals surface area contributed by atoms with Crippen LogP contribution in [0.4, 0.5) is 0 Å². The van der Waals surface area contributed by atoms with Gasteiger partial charge in [0.2, 0.25) is 0 Å². The van der Waals surface area contributed by atoms with Crippen molar-refractivity contribution >= 4 is 18.4 Å². The predicted octanol–water partition coefficient (Wildman–Crippen LogP) is 1.82. The molecule has 108 valence electrons. The van der Waals surface area contributed by atoms with Crippen LogP contribution in [-0.4, -0.2) is 29.2 Å². The first-order valence-electron chi connectivity index (χ1n) is 6.79. The van der Waals surface area contributed by atoms with E-state index in [1.54, 1.807) is 25.1 Å². The van der Waals surface area contributed by atoms with E-state index in [0.717, 1.165) is 5.56 Å². The summed E-state index contributed by atoms with van der Waals surface area (Å²) in [6.45, 7) is 9.39. The summed E-state index contributed by atoms with van der Waals surface area (Å²) in [5.41, 5.74) is 0.504. The SMILES string of the molecule is CC(=O)Cc1ccc(O)c(B2OC(C)(C)C(C)(C)O2)c1. The zero-order chi connectivity index (χ0) is 15.1. The Balaban J connectivity index is 2.32. The Kier molecular flexibility index (Phi) is 3.69. The van der Waals surface area contributed by atoms with E-state index in [2.05, 4.69) is 0 Å². The molecule has 2 rings (SSSR count). The van der Waals surface area contributed by atoms with E-state index in [0.29, 0.717) is 11.9 Å². The highest BCUT2D eigenvalue weighted by Crippen LogP contribution is 2.37. The van der Waals surface area contributed by atoms with Crippen LogP contribution >= 0.6 is 0 Å². The molecule has 1 saturated heterocycles. The first-order chi connectivity index (χ1) is 9.12. The Labute approximate surface area is 120 Å². The van der Waals surface area contributed by atoms with Crippen LogP contribution in [0.3, 0.4) is 0 Å². The quantitative estimate of drug-likeness (QED) is 0.856. The zero-order valence-corrected chi connectivity index (χ0v) is 12.7. The van der Waals surface area contributed by atoms with Crippen molar-refractivity contribution in [2.24, 2.45) is 0 Å². The maximum absolute atomic E-state index is 11.2. The van der Waals surface area contributed by atoms with Crippen molar-refractivity contribution in [3.8, 4) is 5.75 Å². The summed E-state index contributed by atoms with van der Waals surface area (Å²) in [4.78, 5) is 11.2. The molecule has 0 bridgehead atoms. The van der Waals surface area contributed by atoms with Gasteiger partial charge in [-0.3, -0.25) is 4.79 Å². The Morgan fingerprint density at radius 3 is 2.25 bits per heavy atom. The monoisotopic (exact) mass is 276 g/mol. The number of aromatic hydroxyl groups is 1. The van der Waals surface area contributed by atoms with Crippen molar-refractivity contribution in [2.75, 3.05) is 0 Å². The fourth-order valence-electron chi connectivity index (χ4n) is 2.16. The highest BCUT2D eigenvalue weighted by molar-refractivity contribution is 6.63. The summed E-state index contributed by atoms with van der Waals surface area (Å²) in [6.07, 6.45) is 0.340. The zero-order valence-electron chi connectivity index (χ0n) is 12.7. The topological polar surface area (TPSA) is 55.8 Å². The molecule has 20 heavy (non-hydrogen) atoms. The van der Waals surface area contributed by atoms with Crippen molar-refractivity contribution in [1.82, 2.24) is 0 Å². The number of hydrogen-bond donors (Lipinski definition) is 1. The molecule has 0 aromatic heterocycles. The number of phenolic OH excluding ortho intramolecular Hbond substituents is 1. The number of hydrogen-bond acceptors (Lipinski definition) is 4. The molecule has 4 nitrogen and oxygen atoms in total. The average Bonchev–Trinajstić information content (AvgIpc) is 2.50. The van der Waals surface area contributed by atoms with Crippen LogP contribution < -0.4 is 5.46 Å². The number of ketones is 1. The van der Waals surface area contributed by atoms with Crippen LogP contribution in [0.25, 0.3) is 0 Å². The lowest BCUT2D eigenvalue weighted by molar-refractivity contribution is -0.116. The molecule has 1 heterocycles. The fourth-order valence-corrected chi connectivity index (χ4v) is 2.16. The van der Waals surface area contributed by atoms with Gasteiger partial charge in [0.1, 0.15) is 11.5 Å². The number of carbonyl (C=O) groups excluding carboxylic acids is 1. The van der Waals surface area contributed by atoms with E-state index in [-0.39, 0.29) is 11.5 Å². The van der Waals surface area contributed by atoms with Crippen molar-refractivity contribution in [3.63, 3.8) is 0 Å². The van der Waals surface area contributed by atoms with Crippen molar-refractivity contribution < 1.29 is 19.2 Å². The summed E-state index contributed by atoms with van der Waals surface area (Å²) in [5.74, 6) is 0.200. The van der Waals surface area contributed by atoms with Gasteiger partial charge in [0, 0.05) is 11.9 Å². The van der Waals surface area contributed by atoms with Gasteiger partial charge in [-0.15, -0.1) is 0 Å². The van der Waals surface area contributed by atoms with Crippen LogP contribution in [-0.2, 0) is 20.5 Å². The minimum Gasteiger partial charge on any atom is -0.508 e. The van der Waals surface area contributed by atoms with Crippen LogP contribution in [0.5, 0.6) is 5.75 Å². The Hall–Kier alpha value is -1.33. The van der Waals surface area contributed by atoms with Crippen LogP contribution in [0, 0.1) is 0 Å². The summed E-state index contributed by atoms with van der Waals surface area (Å²) in [7, 11) is -0.619. The minimum absolute atomic E-state index is 0.0792. The van der Waals surface area contributed by atoms with Crippen molar-refractivity contribution in [2.45, 2.75) is 52.2 Å². The van der Waals surface area contributed by atoms with Crippen molar-refractivity contribution in [1.29, 1.82) is 0 Å². The van der Waals surface area contributed by atoms with Gasteiger partial charge in [-0.25, -0.2) is 0 Å². The molecular formula is C15H21BO4. The Morgan fingerprint density at radius 2 is 1.75 bits per heavy atom. The van der Waals surface area contributed by atoms with Crippen molar-refractivity contribution in [3.05, 3.63) is 23.8 Å². The normalized spacial score (nSPS) is 20.1. The average molecular weight is 276 g/mol. The molecule has 1 aliphatic heterocycles. The van der Waals surface area contributed by atoms with Crippen LogP contribution in [0.1, 0.15) is 40.2 Å². The third-order valence-corrected chi connectivity index (χ3v) is 4.05. The van der Waals surface area contributed by atoms with Gasteiger partial charge in [-0.2, -0.15) is 0 Å². The molecule has 1 aromatic rings. The summed E-state index contributed by atoms with van der Waals surface area (Å²) in [6, 6.07) is 5.10. The van der Waals surface area contributed by atoms with Crippen LogP contribution in [0.15, 0.2) is 18.2 Å². The smallest absolute Gasteiger partial charge is 0.498 e. The molecule has 0 atom stereocenters. The molecule has 0 aliphatic carbocycles. The van der Waals surface area contributed by atoms with Crippen LogP contribution in [0.2, 0.25) is 0 Å². The van der Waals surface area contributed by atoms with E-state index in [1.807, 2.05) is 27.7 Å². The number of phenols is 1. The lowest BCUT2D eigenvalue weighted by Crippen LogP contribution is -2.41. The second kappa shape index (κ2) is 4.90. The molecule has 0 amide bonds. The summed E-state index contributed by atoms with van der Waals surface area (Å²) >= 11 is 0. The molecule has 0 spiro atoms. The molecule has 0 radical (unpaired) electrons. The predicted molar refractivity (Wildman–Crippen MR) is 78.2 cm³/mol. The Morgan fingerprint density at radius 1 is 1.20 bits per heavy atom. The largest absolute Gasteiger partial charge is 0.508 e. The second-order valence-corrected chi connectivity index (χ2v) is 6.36. The molecule has 0 unspecified atom stereocenters. The highest BCUT2D eigenvalue weighted by atomic mass is 16.7. The molecule has 1 aliphatic rings. The maximum atomic E-state index is 11.2. The molecule has 1 N–H and O–H groups in total. The first-order valence-corrected chi connectivity index (χ1v) is 6.79. The fraction of sp³-hybridized carbons (Fsp3) is 0.533. The number of Topliss-reactive ketones (excluding diaryl/α,β-unsaturated/α-hetero) is 1. The number of rotatable bonds is 3. The Bertz CT molecular complexity index is 521. The van der Waals surface area contributed by atoms with Gasteiger partial charge in [0.25, 0.3) is 0 Å². The number of benzene rings is 1. The first kappa shape index (κ1) is 15.1. The highest BCUT2D eigenvalue weighted by Gasteiger charge is 2.52. The minimum atomic E-state index is -0.619. The van der Waals surface area contributed by atoms with Gasteiger partial charge in [0.15, 0.2) is 0 Å². The van der Waals surface area contributed by atoms with Gasteiger partial charge in [-0.05, 0) is 46.2 Å². The van der Waals surface area contributed by atoms with Gasteiger partial charge in [0.05, 0.1) is 11.2 Å². The molecule has 1 fully saturated rings. The summed E-state index contributed by atoms with van der Waals surface area (Å²) in [5, 5.41) is 10.0. The lowest BCUT2D eigenvalue weighted by atomic mass is 9.77. The lowest BCUT2D eigenvalue weighted by Gasteiger charge is -2.32. The molecule has 5 heteroatoms. The van der Waals surface area contributed by atoms with Gasteiger partial charge in [-0.1, -0.05) is 12.1 Å². The number of carbonyl (C=O) groups is 1. The third kappa shape index (κ3) is 2.74. The molecular weight excluding hydrogens is 255 g/mol. The van der Waals surface area contributed by atoms with E-state index in [4.69, 9.17) is 9.31 Å². The van der Waals surface area contributed by atoms with Gasteiger partial charge < -0.3 is 14.4 Å². The van der Waals surface area contributed by atoms with E-state index in [9.17, 15) is 9.90 Å². The summed E-state index contributed by atoms with van der Waals surface area (Å²) < 4.78 is 11.8. The van der Waals surface area contributed by atoms with E-state index < -0.39 is 18.3 Å². The third-order valence-electron chi connectivity index (χ3n) is 4.05. The van der Waals surface area contributed by atoms with Gasteiger partial charge >= 0.3 is 7.12 Å². The standard InChI is InChI=1S/C15H21BO4/c1-10(17)8-11-6-7-13(18)12(9-11)16-19-14(2,3)15(4,5)20-16/h6-7,9,18H,8H2,1-5H3. The van der Waals surface area contributed by atoms with E-state index in [1.165, 1.54) is 0 Å². The maximum Gasteiger partial charge on any atom is 0.498 e.